The summed E-state index contributed by atoms with van der Waals surface area (Å²) < 4.78 is 11.3. The summed E-state index contributed by atoms with van der Waals surface area (Å²) >= 11 is 5.78. The summed E-state index contributed by atoms with van der Waals surface area (Å²) in [6.45, 7) is 7.57. The second-order valence-corrected chi connectivity index (χ2v) is 6.12. The molecular weight excluding hydrogens is 316 g/mol. The lowest BCUT2D eigenvalue weighted by Crippen LogP contribution is -2.40. The zero-order valence-corrected chi connectivity index (χ0v) is 14.5. The van der Waals surface area contributed by atoms with E-state index in [9.17, 15) is 0 Å². The maximum atomic E-state index is 5.78. The van der Waals surface area contributed by atoms with Gasteiger partial charge in [-0.2, -0.15) is 0 Å². The van der Waals surface area contributed by atoms with E-state index in [1.54, 1.807) is 18.3 Å². The first-order valence-corrected chi connectivity index (χ1v) is 8.39. The van der Waals surface area contributed by atoms with Gasteiger partial charge in [0.2, 0.25) is 5.88 Å². The standard InChI is InChI=1S/C16H25ClN4O2/c1-3-18-15(21-12-16(2)7-4-9-23-16)19-8-10-22-14-6-5-13(17)11-20-14/h5-6,11H,3-4,7-10,12H2,1-2H3,(H2,18,19,21). The highest BCUT2D eigenvalue weighted by molar-refractivity contribution is 6.30. The lowest BCUT2D eigenvalue weighted by molar-refractivity contribution is 0.0283. The molecule has 1 aromatic heterocycles. The van der Waals surface area contributed by atoms with E-state index in [1.165, 1.54) is 0 Å². The Labute approximate surface area is 142 Å². The topological polar surface area (TPSA) is 67.8 Å². The van der Waals surface area contributed by atoms with Gasteiger partial charge in [-0.15, -0.1) is 0 Å². The van der Waals surface area contributed by atoms with Crippen molar-refractivity contribution >= 4 is 17.6 Å². The number of guanidine groups is 1. The van der Waals surface area contributed by atoms with Crippen LogP contribution in [0.2, 0.25) is 5.02 Å². The van der Waals surface area contributed by atoms with Crippen LogP contribution in [0.5, 0.6) is 5.88 Å². The number of aromatic nitrogens is 1. The quantitative estimate of drug-likeness (QED) is 0.452. The number of pyridine rings is 1. The van der Waals surface area contributed by atoms with Crippen LogP contribution in [0.15, 0.2) is 23.3 Å². The molecule has 1 aliphatic heterocycles. The highest BCUT2D eigenvalue weighted by Crippen LogP contribution is 2.24. The lowest BCUT2D eigenvalue weighted by Gasteiger charge is -2.21. The second-order valence-electron chi connectivity index (χ2n) is 5.69. The van der Waals surface area contributed by atoms with E-state index in [2.05, 4.69) is 27.5 Å². The summed E-state index contributed by atoms with van der Waals surface area (Å²) in [7, 11) is 0. The number of aliphatic imine (C=N–C) groups is 1. The second kappa shape index (κ2) is 8.93. The van der Waals surface area contributed by atoms with Crippen molar-refractivity contribution in [3.63, 3.8) is 0 Å². The molecule has 1 unspecified atom stereocenters. The number of nitrogens with one attached hydrogen (secondary N) is 2. The number of halogens is 1. The zero-order valence-electron chi connectivity index (χ0n) is 13.8. The van der Waals surface area contributed by atoms with Crippen LogP contribution in [0, 0.1) is 0 Å². The molecule has 0 saturated carbocycles. The fourth-order valence-electron chi connectivity index (χ4n) is 2.32. The summed E-state index contributed by atoms with van der Waals surface area (Å²) in [6.07, 6.45) is 3.73. The maximum Gasteiger partial charge on any atom is 0.213 e. The minimum absolute atomic E-state index is 0.133. The van der Waals surface area contributed by atoms with Crippen LogP contribution in [0.25, 0.3) is 0 Å². The van der Waals surface area contributed by atoms with Crippen LogP contribution in [-0.4, -0.2) is 49.4 Å². The van der Waals surface area contributed by atoms with Gasteiger partial charge in [-0.25, -0.2) is 4.98 Å². The first-order valence-electron chi connectivity index (χ1n) is 8.02. The van der Waals surface area contributed by atoms with Gasteiger partial charge in [-0.05, 0) is 32.8 Å². The molecule has 2 N–H and O–H groups in total. The third-order valence-corrected chi connectivity index (χ3v) is 3.78. The van der Waals surface area contributed by atoms with Crippen molar-refractivity contribution in [2.24, 2.45) is 4.99 Å². The molecule has 128 valence electrons. The Morgan fingerprint density at radius 1 is 1.48 bits per heavy atom. The summed E-state index contributed by atoms with van der Waals surface area (Å²) in [5.41, 5.74) is -0.133. The average Bonchev–Trinajstić information content (AvgIpc) is 2.98. The van der Waals surface area contributed by atoms with Crippen molar-refractivity contribution in [3.05, 3.63) is 23.4 Å². The van der Waals surface area contributed by atoms with Crippen LogP contribution >= 0.6 is 11.6 Å². The van der Waals surface area contributed by atoms with Crippen LogP contribution in [0.1, 0.15) is 26.7 Å². The fraction of sp³-hybridized carbons (Fsp3) is 0.625. The molecule has 1 aliphatic rings. The molecule has 23 heavy (non-hydrogen) atoms. The first-order chi connectivity index (χ1) is 11.1. The van der Waals surface area contributed by atoms with E-state index in [0.29, 0.717) is 30.6 Å². The van der Waals surface area contributed by atoms with Gasteiger partial charge in [0.15, 0.2) is 5.96 Å². The highest BCUT2D eigenvalue weighted by Gasteiger charge is 2.29. The Morgan fingerprint density at radius 2 is 2.35 bits per heavy atom. The molecule has 0 spiro atoms. The first kappa shape index (κ1) is 17.8. The predicted molar refractivity (Wildman–Crippen MR) is 92.3 cm³/mol. The normalized spacial score (nSPS) is 21.3. The molecule has 0 radical (unpaired) electrons. The van der Waals surface area contributed by atoms with Crippen LogP contribution in [-0.2, 0) is 4.74 Å². The zero-order chi connectivity index (χ0) is 16.5. The van der Waals surface area contributed by atoms with Gasteiger partial charge in [-0.1, -0.05) is 11.6 Å². The van der Waals surface area contributed by atoms with Gasteiger partial charge in [0.1, 0.15) is 6.61 Å². The average molecular weight is 341 g/mol. The largest absolute Gasteiger partial charge is 0.476 e. The summed E-state index contributed by atoms with van der Waals surface area (Å²) in [5.74, 6) is 1.34. The van der Waals surface area contributed by atoms with E-state index in [1.807, 2.05) is 6.92 Å². The van der Waals surface area contributed by atoms with Gasteiger partial charge in [0.05, 0.1) is 23.7 Å². The number of ether oxygens (including phenoxy) is 2. The van der Waals surface area contributed by atoms with Gasteiger partial charge in [-0.3, -0.25) is 4.99 Å². The van der Waals surface area contributed by atoms with Crippen LogP contribution in [0.4, 0.5) is 0 Å². The smallest absolute Gasteiger partial charge is 0.213 e. The number of hydrogen-bond acceptors (Lipinski definition) is 4. The number of hydrogen-bond donors (Lipinski definition) is 2. The maximum absolute atomic E-state index is 5.78. The van der Waals surface area contributed by atoms with Crippen molar-refractivity contribution in [1.82, 2.24) is 15.6 Å². The molecule has 1 aromatic rings. The van der Waals surface area contributed by atoms with E-state index < -0.39 is 0 Å². The van der Waals surface area contributed by atoms with Crippen molar-refractivity contribution in [1.29, 1.82) is 0 Å². The van der Waals surface area contributed by atoms with Crippen molar-refractivity contribution in [3.8, 4) is 5.88 Å². The van der Waals surface area contributed by atoms with Crippen molar-refractivity contribution in [2.45, 2.75) is 32.3 Å². The van der Waals surface area contributed by atoms with Gasteiger partial charge in [0.25, 0.3) is 0 Å². The molecule has 2 heterocycles. The monoisotopic (exact) mass is 340 g/mol. The van der Waals surface area contributed by atoms with Gasteiger partial charge < -0.3 is 20.1 Å². The number of rotatable bonds is 7. The molecule has 6 nitrogen and oxygen atoms in total. The Morgan fingerprint density at radius 3 is 3.00 bits per heavy atom. The van der Waals surface area contributed by atoms with Crippen molar-refractivity contribution < 1.29 is 9.47 Å². The highest BCUT2D eigenvalue weighted by atomic mass is 35.5. The Hall–Kier alpha value is -1.53. The van der Waals surface area contributed by atoms with Gasteiger partial charge >= 0.3 is 0 Å². The van der Waals surface area contributed by atoms with Crippen LogP contribution in [0.3, 0.4) is 0 Å². The molecule has 1 atom stereocenters. The minimum atomic E-state index is -0.133. The summed E-state index contributed by atoms with van der Waals surface area (Å²) in [4.78, 5) is 8.69. The summed E-state index contributed by atoms with van der Waals surface area (Å²) in [5, 5.41) is 7.07. The molecule has 0 aromatic carbocycles. The van der Waals surface area contributed by atoms with E-state index >= 15 is 0 Å². The Balaban J connectivity index is 1.74. The van der Waals surface area contributed by atoms with Crippen LogP contribution < -0.4 is 15.4 Å². The molecule has 2 rings (SSSR count). The molecule has 0 aliphatic carbocycles. The fourth-order valence-corrected chi connectivity index (χ4v) is 2.43. The molecule has 1 fully saturated rings. The van der Waals surface area contributed by atoms with Gasteiger partial charge in [0, 0.05) is 25.4 Å². The van der Waals surface area contributed by atoms with E-state index in [4.69, 9.17) is 21.1 Å². The SMILES string of the molecule is CCNC(=NCC1(C)CCCO1)NCCOc1ccc(Cl)cn1. The molecular formula is C16H25ClN4O2. The number of nitrogens with zero attached hydrogens (tertiary/aromatic N) is 2. The molecule has 0 amide bonds. The summed E-state index contributed by atoms with van der Waals surface area (Å²) in [6, 6.07) is 3.50. The molecule has 7 heteroatoms. The third kappa shape index (κ3) is 6.23. The molecule has 1 saturated heterocycles. The Bertz CT molecular complexity index is 501. The minimum Gasteiger partial charge on any atom is -0.476 e. The van der Waals surface area contributed by atoms with E-state index in [-0.39, 0.29) is 5.60 Å². The predicted octanol–water partition coefficient (Wildman–Crippen LogP) is 2.24. The Kier molecular flexibility index (Phi) is 6.92. The molecule has 0 bridgehead atoms. The van der Waals surface area contributed by atoms with E-state index in [0.717, 1.165) is 32.0 Å². The third-order valence-electron chi connectivity index (χ3n) is 3.56. The lowest BCUT2D eigenvalue weighted by atomic mass is 10.0. The van der Waals surface area contributed by atoms with Crippen molar-refractivity contribution in [2.75, 3.05) is 32.8 Å².